The number of amides is 1. The number of carbonyl (C=O) groups is 1. The molecule has 26 heavy (non-hydrogen) atoms. The topological polar surface area (TPSA) is 84.3 Å². The third kappa shape index (κ3) is 3.28. The second kappa shape index (κ2) is 6.80. The molecule has 0 spiro atoms. The smallest absolute Gasteiger partial charge is 0.273 e. The summed E-state index contributed by atoms with van der Waals surface area (Å²) in [6.45, 7) is 2.29. The van der Waals surface area contributed by atoms with Crippen LogP contribution in [0.1, 0.15) is 17.4 Å². The Kier molecular flexibility index (Phi) is 4.69. The molecule has 2 aromatic carbocycles. The van der Waals surface area contributed by atoms with Crippen LogP contribution in [0.4, 0.5) is 5.69 Å². The fourth-order valence-electron chi connectivity index (χ4n) is 2.68. The number of anilines is 1. The van der Waals surface area contributed by atoms with Gasteiger partial charge in [0.25, 0.3) is 15.9 Å². The summed E-state index contributed by atoms with van der Waals surface area (Å²) in [6.07, 6.45) is 1.36. The van der Waals surface area contributed by atoms with Gasteiger partial charge < -0.3 is 4.90 Å². The van der Waals surface area contributed by atoms with Gasteiger partial charge >= 0.3 is 0 Å². The molecule has 0 saturated carbocycles. The van der Waals surface area contributed by atoms with Crippen LogP contribution in [0.5, 0.6) is 0 Å². The predicted molar refractivity (Wildman–Crippen MR) is 101 cm³/mol. The van der Waals surface area contributed by atoms with Crippen LogP contribution in [0.25, 0.3) is 10.8 Å². The van der Waals surface area contributed by atoms with Gasteiger partial charge in [0.15, 0.2) is 5.69 Å². The molecule has 0 bridgehead atoms. The number of benzene rings is 2. The summed E-state index contributed by atoms with van der Waals surface area (Å²) < 4.78 is 29.6. The fraction of sp³-hybridized carbons (Fsp3) is 0.222. The first-order chi connectivity index (χ1) is 12.3. The van der Waals surface area contributed by atoms with Crippen LogP contribution in [0, 0.1) is 0 Å². The third-order valence-corrected chi connectivity index (χ3v) is 5.39. The Morgan fingerprint density at radius 3 is 2.50 bits per heavy atom. The van der Waals surface area contributed by atoms with Gasteiger partial charge in [-0.2, -0.15) is 5.10 Å². The lowest BCUT2D eigenvalue weighted by Gasteiger charge is -2.14. The van der Waals surface area contributed by atoms with Gasteiger partial charge in [-0.05, 0) is 29.8 Å². The van der Waals surface area contributed by atoms with Crippen molar-refractivity contribution in [2.45, 2.75) is 18.4 Å². The zero-order valence-electron chi connectivity index (χ0n) is 14.8. The maximum atomic E-state index is 12.8. The fourth-order valence-corrected chi connectivity index (χ4v) is 3.76. The lowest BCUT2D eigenvalue weighted by Crippen LogP contribution is -2.26. The van der Waals surface area contributed by atoms with Crippen molar-refractivity contribution in [3.63, 3.8) is 0 Å². The highest BCUT2D eigenvalue weighted by Gasteiger charge is 2.24. The van der Waals surface area contributed by atoms with Crippen LogP contribution in [0.15, 0.2) is 53.6 Å². The first-order valence-electron chi connectivity index (χ1n) is 8.12. The summed E-state index contributed by atoms with van der Waals surface area (Å²) in [5.74, 6) is -0.319. The molecule has 0 fully saturated rings. The van der Waals surface area contributed by atoms with Crippen LogP contribution in [0.2, 0.25) is 0 Å². The van der Waals surface area contributed by atoms with E-state index >= 15 is 0 Å². The molecule has 3 aromatic rings. The molecule has 7 nitrogen and oxygen atoms in total. The average molecular weight is 372 g/mol. The molecule has 3 rings (SSSR count). The van der Waals surface area contributed by atoms with E-state index in [1.165, 1.54) is 15.8 Å². The normalized spacial score (nSPS) is 11.5. The van der Waals surface area contributed by atoms with Gasteiger partial charge in [-0.1, -0.05) is 30.3 Å². The van der Waals surface area contributed by atoms with Crippen molar-refractivity contribution in [2.24, 2.45) is 0 Å². The first kappa shape index (κ1) is 17.9. The van der Waals surface area contributed by atoms with E-state index in [-0.39, 0.29) is 22.2 Å². The number of nitrogens with one attached hydrogen (secondary N) is 1. The maximum absolute atomic E-state index is 12.8. The number of nitrogens with zero attached hydrogens (tertiary/aromatic N) is 3. The zero-order valence-corrected chi connectivity index (χ0v) is 15.6. The van der Waals surface area contributed by atoms with Crippen LogP contribution in [-0.2, 0) is 16.6 Å². The molecule has 1 heterocycles. The van der Waals surface area contributed by atoms with Crippen molar-refractivity contribution in [2.75, 3.05) is 18.8 Å². The molecule has 0 aliphatic rings. The summed E-state index contributed by atoms with van der Waals surface area (Å²) in [6, 6.07) is 12.4. The Labute approximate surface area is 152 Å². The Hall–Kier alpha value is -2.87. The molecule has 8 heteroatoms. The molecule has 0 aliphatic heterocycles. The van der Waals surface area contributed by atoms with Crippen LogP contribution >= 0.6 is 0 Å². The molecule has 0 aliphatic carbocycles. The SMILES string of the molecule is CCn1ncc(NS(=O)(=O)c2ccc3ccccc3c2)c1C(=O)N(C)C. The Morgan fingerprint density at radius 2 is 1.85 bits per heavy atom. The molecule has 1 amide bonds. The quantitative estimate of drug-likeness (QED) is 0.746. The first-order valence-corrected chi connectivity index (χ1v) is 9.61. The number of aryl methyl sites for hydroxylation is 1. The van der Waals surface area contributed by atoms with Crippen molar-refractivity contribution in [1.82, 2.24) is 14.7 Å². The van der Waals surface area contributed by atoms with Crippen molar-refractivity contribution < 1.29 is 13.2 Å². The van der Waals surface area contributed by atoms with Gasteiger partial charge in [-0.3, -0.25) is 14.2 Å². The second-order valence-corrected chi connectivity index (χ2v) is 7.72. The monoisotopic (exact) mass is 372 g/mol. The Morgan fingerprint density at radius 1 is 1.15 bits per heavy atom. The summed E-state index contributed by atoms with van der Waals surface area (Å²) in [4.78, 5) is 13.9. The molecule has 0 saturated heterocycles. The minimum absolute atomic E-state index is 0.128. The predicted octanol–water partition coefficient (Wildman–Crippen LogP) is 2.56. The third-order valence-electron chi connectivity index (χ3n) is 4.02. The summed E-state index contributed by atoms with van der Waals surface area (Å²) in [5.41, 5.74) is 0.376. The molecule has 1 N–H and O–H groups in total. The van der Waals surface area contributed by atoms with E-state index in [1.807, 2.05) is 31.2 Å². The van der Waals surface area contributed by atoms with Crippen LogP contribution in [0.3, 0.4) is 0 Å². The van der Waals surface area contributed by atoms with Gasteiger partial charge in [0.2, 0.25) is 0 Å². The van der Waals surface area contributed by atoms with Gasteiger partial charge in [-0.25, -0.2) is 8.42 Å². The highest BCUT2D eigenvalue weighted by Crippen LogP contribution is 2.24. The van der Waals surface area contributed by atoms with Crippen molar-refractivity contribution >= 4 is 32.4 Å². The van der Waals surface area contributed by atoms with Gasteiger partial charge in [-0.15, -0.1) is 0 Å². The van der Waals surface area contributed by atoms with E-state index in [4.69, 9.17) is 0 Å². The van der Waals surface area contributed by atoms with E-state index in [9.17, 15) is 13.2 Å². The van der Waals surface area contributed by atoms with Gasteiger partial charge in [0.05, 0.1) is 16.8 Å². The van der Waals surface area contributed by atoms with Gasteiger partial charge in [0, 0.05) is 20.6 Å². The van der Waals surface area contributed by atoms with Crippen LogP contribution < -0.4 is 4.72 Å². The van der Waals surface area contributed by atoms with E-state index < -0.39 is 10.0 Å². The Bertz CT molecular complexity index is 1070. The van der Waals surface area contributed by atoms with E-state index in [0.29, 0.717) is 6.54 Å². The minimum atomic E-state index is -3.86. The lowest BCUT2D eigenvalue weighted by molar-refractivity contribution is 0.0816. The number of hydrogen-bond acceptors (Lipinski definition) is 4. The number of fused-ring (bicyclic) bond motifs is 1. The van der Waals surface area contributed by atoms with Crippen molar-refractivity contribution in [3.05, 3.63) is 54.4 Å². The van der Waals surface area contributed by atoms with E-state index in [1.54, 1.807) is 32.3 Å². The van der Waals surface area contributed by atoms with Crippen molar-refractivity contribution in [1.29, 1.82) is 0 Å². The highest BCUT2D eigenvalue weighted by molar-refractivity contribution is 7.92. The van der Waals surface area contributed by atoms with E-state index in [0.717, 1.165) is 10.8 Å². The molecule has 1 aromatic heterocycles. The van der Waals surface area contributed by atoms with Gasteiger partial charge in [0.1, 0.15) is 0 Å². The molecule has 136 valence electrons. The van der Waals surface area contributed by atoms with E-state index in [2.05, 4.69) is 9.82 Å². The number of sulfonamides is 1. The summed E-state index contributed by atoms with van der Waals surface area (Å²) in [7, 11) is -0.639. The molecular weight excluding hydrogens is 352 g/mol. The van der Waals surface area contributed by atoms with Crippen LogP contribution in [-0.4, -0.2) is 43.1 Å². The second-order valence-electron chi connectivity index (χ2n) is 6.04. The average Bonchev–Trinajstić information content (AvgIpc) is 3.02. The highest BCUT2D eigenvalue weighted by atomic mass is 32.2. The summed E-state index contributed by atoms with van der Waals surface area (Å²) >= 11 is 0. The van der Waals surface area contributed by atoms with Crippen molar-refractivity contribution in [3.8, 4) is 0 Å². The molecular formula is C18H20N4O3S. The zero-order chi connectivity index (χ0) is 18.9. The molecule has 0 atom stereocenters. The number of carbonyl (C=O) groups excluding carboxylic acids is 1. The standard InChI is InChI=1S/C18H20N4O3S/c1-4-22-17(18(23)21(2)3)16(12-19-22)20-26(24,25)15-10-9-13-7-5-6-8-14(13)11-15/h5-12,20H,4H2,1-3H3. The number of hydrogen-bond donors (Lipinski definition) is 1. The molecule has 0 unspecified atom stereocenters. The Balaban J connectivity index is 2.01. The maximum Gasteiger partial charge on any atom is 0.273 e. The summed E-state index contributed by atoms with van der Waals surface area (Å²) in [5, 5.41) is 5.88. The minimum Gasteiger partial charge on any atom is -0.343 e. The molecule has 0 radical (unpaired) electrons. The number of rotatable bonds is 5. The largest absolute Gasteiger partial charge is 0.343 e. The number of aromatic nitrogens is 2. The lowest BCUT2D eigenvalue weighted by atomic mass is 10.1.